The Bertz CT molecular complexity index is 460. The van der Waals surface area contributed by atoms with Crippen molar-refractivity contribution >= 4 is 23.6 Å². The van der Waals surface area contributed by atoms with Crippen LogP contribution in [0.4, 0.5) is 10.6 Å². The zero-order valence-corrected chi connectivity index (χ0v) is 13.3. The van der Waals surface area contributed by atoms with E-state index >= 15 is 0 Å². The van der Waals surface area contributed by atoms with Crippen LogP contribution in [0, 0.1) is 0 Å². The Morgan fingerprint density at radius 3 is 2.95 bits per heavy atom. The van der Waals surface area contributed by atoms with Crippen molar-refractivity contribution in [2.45, 2.75) is 50.8 Å². The molecule has 0 saturated heterocycles. The number of hydrogen-bond acceptors (Lipinski definition) is 3. The lowest BCUT2D eigenvalue weighted by Gasteiger charge is -2.20. The molecule has 0 bridgehead atoms. The number of carbonyl (C=O) groups is 1. The van der Waals surface area contributed by atoms with E-state index in [1.54, 1.807) is 4.68 Å². The molecule has 2 N–H and O–H groups in total. The van der Waals surface area contributed by atoms with E-state index in [-0.39, 0.29) is 6.03 Å². The molecule has 1 saturated carbocycles. The van der Waals surface area contributed by atoms with Crippen LogP contribution in [0.15, 0.2) is 6.07 Å². The molecule has 20 heavy (non-hydrogen) atoms. The maximum Gasteiger partial charge on any atom is 0.320 e. The van der Waals surface area contributed by atoms with Gasteiger partial charge in [0.15, 0.2) is 0 Å². The molecule has 1 fully saturated rings. The molecule has 0 aliphatic heterocycles. The first-order valence-corrected chi connectivity index (χ1v) is 8.41. The van der Waals surface area contributed by atoms with Crippen LogP contribution in [0.2, 0.25) is 0 Å². The first-order valence-electron chi connectivity index (χ1n) is 7.36. The van der Waals surface area contributed by atoms with Crippen LogP contribution in [0.5, 0.6) is 0 Å². The fraction of sp³-hybridized carbons (Fsp3) is 0.714. The van der Waals surface area contributed by atoms with Crippen LogP contribution >= 0.6 is 11.8 Å². The monoisotopic (exact) mass is 296 g/mol. The minimum atomic E-state index is -0.121. The number of carbonyl (C=O) groups excluding carboxylic acids is 1. The Balaban J connectivity index is 1.90. The molecule has 112 valence electrons. The van der Waals surface area contributed by atoms with Crippen LogP contribution in [0.1, 0.15) is 38.8 Å². The number of rotatable bonds is 5. The van der Waals surface area contributed by atoms with Crippen molar-refractivity contribution in [3.63, 3.8) is 0 Å². The summed E-state index contributed by atoms with van der Waals surface area (Å²) < 4.78 is 1.71. The molecule has 1 aliphatic rings. The van der Waals surface area contributed by atoms with E-state index < -0.39 is 0 Å². The summed E-state index contributed by atoms with van der Waals surface area (Å²) in [6, 6.07) is 2.09. The van der Waals surface area contributed by atoms with Gasteiger partial charge in [-0.25, -0.2) is 4.79 Å². The predicted molar refractivity (Wildman–Crippen MR) is 84.3 cm³/mol. The van der Waals surface area contributed by atoms with Crippen LogP contribution in [0.25, 0.3) is 0 Å². The van der Waals surface area contributed by atoms with E-state index in [0.29, 0.717) is 11.3 Å². The SMILES string of the molecule is CCS[C@@H]1CCC[C@@H]1NC(=O)Nc1cc(CC)nn1C. The second-order valence-electron chi connectivity index (χ2n) is 5.13. The molecule has 1 aromatic heterocycles. The van der Waals surface area contributed by atoms with Crippen LogP contribution in [-0.4, -0.2) is 32.9 Å². The van der Waals surface area contributed by atoms with Crippen molar-refractivity contribution in [1.29, 1.82) is 0 Å². The van der Waals surface area contributed by atoms with Crippen molar-refractivity contribution in [3.8, 4) is 0 Å². The summed E-state index contributed by atoms with van der Waals surface area (Å²) in [6.07, 6.45) is 4.36. The Kier molecular flexibility index (Phi) is 5.34. The quantitative estimate of drug-likeness (QED) is 0.878. The van der Waals surface area contributed by atoms with Crippen LogP contribution < -0.4 is 10.6 Å². The van der Waals surface area contributed by atoms with Gasteiger partial charge >= 0.3 is 6.03 Å². The highest BCUT2D eigenvalue weighted by Gasteiger charge is 2.28. The maximum atomic E-state index is 12.1. The number of aromatic nitrogens is 2. The van der Waals surface area contributed by atoms with Gasteiger partial charge in [0.2, 0.25) is 0 Å². The molecule has 5 nitrogen and oxygen atoms in total. The van der Waals surface area contributed by atoms with Gasteiger partial charge in [0, 0.05) is 24.4 Å². The third kappa shape index (κ3) is 3.69. The number of amides is 2. The number of anilines is 1. The highest BCUT2D eigenvalue weighted by Crippen LogP contribution is 2.29. The van der Waals surface area contributed by atoms with Gasteiger partial charge in [-0.05, 0) is 25.0 Å². The molecule has 0 unspecified atom stereocenters. The van der Waals surface area contributed by atoms with E-state index in [9.17, 15) is 4.79 Å². The minimum Gasteiger partial charge on any atom is -0.334 e. The van der Waals surface area contributed by atoms with Gasteiger partial charge in [-0.15, -0.1) is 0 Å². The lowest BCUT2D eigenvalue weighted by atomic mass is 10.2. The van der Waals surface area contributed by atoms with E-state index in [1.165, 1.54) is 12.8 Å². The van der Waals surface area contributed by atoms with Crippen LogP contribution in [0.3, 0.4) is 0 Å². The first kappa shape index (κ1) is 15.2. The fourth-order valence-corrected chi connectivity index (χ4v) is 3.84. The normalized spacial score (nSPS) is 21.9. The molecule has 6 heteroatoms. The summed E-state index contributed by atoms with van der Waals surface area (Å²) >= 11 is 1.95. The standard InChI is InChI=1S/C14H24N4OS/c1-4-10-9-13(18(3)17-10)16-14(19)15-11-7-6-8-12(11)20-5-2/h9,11-12H,4-8H2,1-3H3,(H2,15,16,19)/t11-,12+/m0/s1. The largest absolute Gasteiger partial charge is 0.334 e. The number of aryl methyl sites for hydroxylation is 2. The highest BCUT2D eigenvalue weighted by atomic mass is 32.2. The van der Waals surface area contributed by atoms with E-state index in [4.69, 9.17) is 0 Å². The molecule has 0 aromatic carbocycles. The Morgan fingerprint density at radius 1 is 1.50 bits per heavy atom. The van der Waals surface area contributed by atoms with Crippen molar-refractivity contribution in [1.82, 2.24) is 15.1 Å². The highest BCUT2D eigenvalue weighted by molar-refractivity contribution is 7.99. The van der Waals surface area contributed by atoms with Gasteiger partial charge in [0.05, 0.1) is 5.69 Å². The van der Waals surface area contributed by atoms with E-state index in [2.05, 4.69) is 29.6 Å². The molecule has 1 aromatic rings. The molecule has 2 amide bonds. The smallest absolute Gasteiger partial charge is 0.320 e. The summed E-state index contributed by atoms with van der Waals surface area (Å²) in [5, 5.41) is 10.9. The lowest BCUT2D eigenvalue weighted by molar-refractivity contribution is 0.248. The van der Waals surface area contributed by atoms with Gasteiger partial charge < -0.3 is 5.32 Å². The number of hydrogen-bond donors (Lipinski definition) is 2. The van der Waals surface area contributed by atoms with Crippen LogP contribution in [-0.2, 0) is 13.5 Å². The molecular formula is C14H24N4OS. The molecule has 0 radical (unpaired) electrons. The number of thioether (sulfide) groups is 1. The average Bonchev–Trinajstić information content (AvgIpc) is 2.98. The van der Waals surface area contributed by atoms with Crippen molar-refractivity contribution < 1.29 is 4.79 Å². The molecule has 1 heterocycles. The van der Waals surface area contributed by atoms with E-state index in [0.717, 1.165) is 30.1 Å². The zero-order chi connectivity index (χ0) is 14.5. The minimum absolute atomic E-state index is 0.121. The zero-order valence-electron chi connectivity index (χ0n) is 12.5. The van der Waals surface area contributed by atoms with Gasteiger partial charge in [0.1, 0.15) is 5.82 Å². The Morgan fingerprint density at radius 2 is 2.30 bits per heavy atom. The molecule has 0 spiro atoms. The van der Waals surface area contributed by atoms with Crippen molar-refractivity contribution in [2.75, 3.05) is 11.1 Å². The average molecular weight is 296 g/mol. The summed E-state index contributed by atoms with van der Waals surface area (Å²) in [4.78, 5) is 12.1. The summed E-state index contributed by atoms with van der Waals surface area (Å²) in [6.45, 7) is 4.22. The molecule has 2 atom stereocenters. The number of urea groups is 1. The third-order valence-corrected chi connectivity index (χ3v) is 5.01. The predicted octanol–water partition coefficient (Wildman–Crippen LogP) is 2.78. The maximum absolute atomic E-state index is 12.1. The summed E-state index contributed by atoms with van der Waals surface area (Å²) in [7, 11) is 1.85. The number of nitrogens with zero attached hydrogens (tertiary/aromatic N) is 2. The van der Waals surface area contributed by atoms with Gasteiger partial charge in [0.25, 0.3) is 0 Å². The van der Waals surface area contributed by atoms with E-state index in [1.807, 2.05) is 24.9 Å². The molecular weight excluding hydrogens is 272 g/mol. The second kappa shape index (κ2) is 7.02. The topological polar surface area (TPSA) is 59.0 Å². The van der Waals surface area contributed by atoms with Gasteiger partial charge in [-0.3, -0.25) is 10.00 Å². The van der Waals surface area contributed by atoms with Crippen molar-refractivity contribution in [2.24, 2.45) is 7.05 Å². The Hall–Kier alpha value is -1.17. The molecule has 1 aliphatic carbocycles. The molecule has 2 rings (SSSR count). The second-order valence-corrected chi connectivity index (χ2v) is 6.64. The van der Waals surface area contributed by atoms with Gasteiger partial charge in [-0.2, -0.15) is 16.9 Å². The third-order valence-electron chi connectivity index (χ3n) is 3.68. The lowest BCUT2D eigenvalue weighted by Crippen LogP contribution is -2.41. The van der Waals surface area contributed by atoms with Gasteiger partial charge in [-0.1, -0.05) is 20.3 Å². The Labute approximate surface area is 124 Å². The summed E-state index contributed by atoms with van der Waals surface area (Å²) in [5.41, 5.74) is 0.989. The fourth-order valence-electron chi connectivity index (χ4n) is 2.64. The first-order chi connectivity index (χ1) is 9.63. The van der Waals surface area contributed by atoms with Crippen molar-refractivity contribution in [3.05, 3.63) is 11.8 Å². The number of nitrogens with one attached hydrogen (secondary N) is 2. The summed E-state index contributed by atoms with van der Waals surface area (Å²) in [5.74, 6) is 1.85.